The van der Waals surface area contributed by atoms with Crippen LogP contribution in [0, 0.1) is 0 Å². The van der Waals surface area contributed by atoms with Crippen LogP contribution in [0.15, 0.2) is 42.5 Å². The number of primary amides is 1. The van der Waals surface area contributed by atoms with Gasteiger partial charge in [-0.1, -0.05) is 18.2 Å². The van der Waals surface area contributed by atoms with Crippen LogP contribution in [0.2, 0.25) is 0 Å². The second-order valence-electron chi connectivity index (χ2n) is 5.71. The molecule has 1 atom stereocenters. The molecular formula is C18H20N4O2. The van der Waals surface area contributed by atoms with E-state index in [0.29, 0.717) is 0 Å². The minimum absolute atomic E-state index is 0.460. The fraction of sp³-hybridized carbons (Fsp3) is 0.222. The van der Waals surface area contributed by atoms with Gasteiger partial charge in [0.2, 0.25) is 5.91 Å². The second kappa shape index (κ2) is 6.23. The summed E-state index contributed by atoms with van der Waals surface area (Å²) in [6, 6.07) is 12.8. The maximum absolute atomic E-state index is 11.8. The molecule has 0 spiro atoms. The lowest BCUT2D eigenvalue weighted by molar-refractivity contribution is -0.120. The van der Waals surface area contributed by atoms with Crippen LogP contribution in [0.4, 0.5) is 10.5 Å². The van der Waals surface area contributed by atoms with Crippen molar-refractivity contribution in [3.05, 3.63) is 42.5 Å². The van der Waals surface area contributed by atoms with E-state index in [0.717, 1.165) is 23.1 Å². The molecule has 24 heavy (non-hydrogen) atoms. The largest absolute Gasteiger partial charge is 0.374 e. The molecule has 6 nitrogen and oxygen atoms in total. The quantitative estimate of drug-likeness (QED) is 0.689. The number of nitrogens with one attached hydrogen (secondary N) is 2. The molecule has 0 aliphatic heterocycles. The number of nitrogens with zero attached hydrogens (tertiary/aromatic N) is 1. The van der Waals surface area contributed by atoms with Gasteiger partial charge in [0.25, 0.3) is 0 Å². The van der Waals surface area contributed by atoms with Gasteiger partial charge in [0.05, 0.1) is 0 Å². The first-order valence-corrected chi connectivity index (χ1v) is 7.89. The number of para-hydroxylation sites is 1. The molecule has 4 N–H and O–H groups in total. The fourth-order valence-corrected chi connectivity index (χ4v) is 3.03. The van der Waals surface area contributed by atoms with Crippen LogP contribution >= 0.6 is 0 Å². The monoisotopic (exact) mass is 324 g/mol. The van der Waals surface area contributed by atoms with E-state index in [1.165, 1.54) is 10.9 Å². The zero-order valence-electron chi connectivity index (χ0n) is 13.7. The highest BCUT2D eigenvalue weighted by Crippen LogP contribution is 2.31. The predicted octanol–water partition coefficient (Wildman–Crippen LogP) is 2.81. The van der Waals surface area contributed by atoms with Crippen molar-refractivity contribution in [3.63, 3.8) is 0 Å². The average Bonchev–Trinajstić information content (AvgIpc) is 2.87. The van der Waals surface area contributed by atoms with Crippen LogP contribution in [0.1, 0.15) is 13.8 Å². The van der Waals surface area contributed by atoms with E-state index < -0.39 is 18.0 Å². The number of carbonyl (C=O) groups excluding carboxylic acids is 2. The summed E-state index contributed by atoms with van der Waals surface area (Å²) in [5.41, 5.74) is 8.13. The Morgan fingerprint density at radius 3 is 2.54 bits per heavy atom. The topological polar surface area (TPSA) is 89.2 Å². The SMILES string of the molecule is CCn1c2ccccc2c2cc(N[C@H](C)C(=O)NC(N)=O)ccc21. The molecule has 6 heteroatoms. The van der Waals surface area contributed by atoms with Gasteiger partial charge < -0.3 is 15.6 Å². The molecule has 1 aromatic heterocycles. The Bertz CT molecular complexity index is 929. The standard InChI is InChI=1S/C18H20N4O2/c1-3-22-15-7-5-4-6-13(15)14-10-12(8-9-16(14)22)20-11(2)17(23)21-18(19)24/h4-11,20H,3H2,1-2H3,(H3,19,21,23,24)/t11-/m1/s1. The van der Waals surface area contributed by atoms with Gasteiger partial charge in [-0.3, -0.25) is 10.1 Å². The van der Waals surface area contributed by atoms with Crippen molar-refractivity contribution in [2.75, 3.05) is 5.32 Å². The zero-order valence-corrected chi connectivity index (χ0v) is 13.7. The van der Waals surface area contributed by atoms with Crippen molar-refractivity contribution in [2.45, 2.75) is 26.4 Å². The number of nitrogens with two attached hydrogens (primary N) is 1. The fourth-order valence-electron chi connectivity index (χ4n) is 3.03. The first kappa shape index (κ1) is 15.9. The van der Waals surface area contributed by atoms with Gasteiger partial charge in [-0.2, -0.15) is 0 Å². The number of carbonyl (C=O) groups is 2. The molecule has 3 rings (SSSR count). The van der Waals surface area contributed by atoms with E-state index in [-0.39, 0.29) is 0 Å². The highest BCUT2D eigenvalue weighted by molar-refractivity contribution is 6.09. The average molecular weight is 324 g/mol. The minimum atomic E-state index is -0.852. The Labute approximate surface area is 139 Å². The van der Waals surface area contributed by atoms with Gasteiger partial charge in [-0.05, 0) is 38.1 Å². The Morgan fingerprint density at radius 2 is 1.83 bits per heavy atom. The number of anilines is 1. The Morgan fingerprint density at radius 1 is 1.12 bits per heavy atom. The molecule has 2 aromatic carbocycles. The van der Waals surface area contributed by atoms with E-state index in [1.807, 2.05) is 30.3 Å². The second-order valence-corrected chi connectivity index (χ2v) is 5.71. The van der Waals surface area contributed by atoms with Crippen LogP contribution in [0.5, 0.6) is 0 Å². The lowest BCUT2D eigenvalue weighted by Crippen LogP contribution is -2.43. The lowest BCUT2D eigenvalue weighted by atomic mass is 10.1. The summed E-state index contributed by atoms with van der Waals surface area (Å²) < 4.78 is 2.26. The van der Waals surface area contributed by atoms with Crippen LogP contribution in [-0.2, 0) is 11.3 Å². The zero-order chi connectivity index (χ0) is 17.3. The lowest BCUT2D eigenvalue weighted by Gasteiger charge is -2.14. The molecule has 0 bridgehead atoms. The molecule has 0 saturated heterocycles. The van der Waals surface area contributed by atoms with Crippen molar-refractivity contribution < 1.29 is 9.59 Å². The molecule has 0 fully saturated rings. The normalized spacial score (nSPS) is 12.2. The summed E-state index contributed by atoms with van der Waals surface area (Å²) in [6.45, 7) is 4.68. The molecular weight excluding hydrogens is 304 g/mol. The van der Waals surface area contributed by atoms with Gasteiger partial charge >= 0.3 is 6.03 Å². The summed E-state index contributed by atoms with van der Waals surface area (Å²) in [4.78, 5) is 22.6. The number of amides is 3. The number of aromatic nitrogens is 1. The van der Waals surface area contributed by atoms with Crippen LogP contribution in [0.25, 0.3) is 21.8 Å². The third-order valence-electron chi connectivity index (χ3n) is 4.11. The third-order valence-corrected chi connectivity index (χ3v) is 4.11. The molecule has 124 valence electrons. The van der Waals surface area contributed by atoms with Crippen molar-refractivity contribution >= 4 is 39.4 Å². The van der Waals surface area contributed by atoms with Gasteiger partial charge in [0.15, 0.2) is 0 Å². The summed E-state index contributed by atoms with van der Waals surface area (Å²) in [6.07, 6.45) is 0. The van der Waals surface area contributed by atoms with Crippen LogP contribution < -0.4 is 16.4 Å². The van der Waals surface area contributed by atoms with E-state index in [4.69, 9.17) is 5.73 Å². The summed E-state index contributed by atoms with van der Waals surface area (Å²) in [7, 11) is 0. The highest BCUT2D eigenvalue weighted by atomic mass is 16.2. The Kier molecular flexibility index (Phi) is 4.12. The minimum Gasteiger partial charge on any atom is -0.374 e. The number of imide groups is 1. The Hall–Kier alpha value is -3.02. The van der Waals surface area contributed by atoms with E-state index in [1.54, 1.807) is 6.92 Å². The maximum atomic E-state index is 11.8. The van der Waals surface area contributed by atoms with Gasteiger partial charge in [-0.15, -0.1) is 0 Å². The van der Waals surface area contributed by atoms with Crippen molar-refractivity contribution in [2.24, 2.45) is 5.73 Å². The summed E-state index contributed by atoms with van der Waals surface area (Å²) >= 11 is 0. The van der Waals surface area contributed by atoms with E-state index in [2.05, 4.69) is 34.3 Å². The molecule has 3 amide bonds. The molecule has 0 radical (unpaired) electrons. The van der Waals surface area contributed by atoms with E-state index in [9.17, 15) is 9.59 Å². The summed E-state index contributed by atoms with van der Waals surface area (Å²) in [5.74, 6) is -0.460. The number of hydrogen-bond acceptors (Lipinski definition) is 3. The van der Waals surface area contributed by atoms with Gasteiger partial charge in [0.1, 0.15) is 6.04 Å². The summed E-state index contributed by atoms with van der Waals surface area (Å²) in [5, 5.41) is 7.48. The van der Waals surface area contributed by atoms with Crippen LogP contribution in [0.3, 0.4) is 0 Å². The molecule has 3 aromatic rings. The number of urea groups is 1. The van der Waals surface area contributed by atoms with Gasteiger partial charge in [-0.25, -0.2) is 4.79 Å². The smallest absolute Gasteiger partial charge is 0.318 e. The van der Waals surface area contributed by atoms with E-state index >= 15 is 0 Å². The third kappa shape index (κ3) is 2.78. The van der Waals surface area contributed by atoms with Crippen LogP contribution in [-0.4, -0.2) is 22.5 Å². The van der Waals surface area contributed by atoms with Gasteiger partial charge in [0, 0.05) is 34.0 Å². The Balaban J connectivity index is 1.98. The number of hydrogen-bond donors (Lipinski definition) is 3. The predicted molar refractivity (Wildman–Crippen MR) is 95.9 cm³/mol. The molecule has 1 heterocycles. The number of aryl methyl sites for hydroxylation is 1. The molecule has 0 unspecified atom stereocenters. The maximum Gasteiger partial charge on any atom is 0.318 e. The first-order valence-electron chi connectivity index (χ1n) is 7.89. The first-order chi connectivity index (χ1) is 11.5. The number of benzene rings is 2. The van der Waals surface area contributed by atoms with Crippen molar-refractivity contribution in [1.29, 1.82) is 0 Å². The highest BCUT2D eigenvalue weighted by Gasteiger charge is 2.15. The molecule has 0 saturated carbocycles. The molecule has 0 aliphatic carbocycles. The number of fused-ring (bicyclic) bond motifs is 3. The van der Waals surface area contributed by atoms with Crippen molar-refractivity contribution in [3.8, 4) is 0 Å². The van der Waals surface area contributed by atoms with Crippen molar-refractivity contribution in [1.82, 2.24) is 9.88 Å². The number of rotatable bonds is 4. The molecule has 0 aliphatic rings.